The Labute approximate surface area is 115 Å². The Morgan fingerprint density at radius 3 is 2.68 bits per heavy atom. The van der Waals surface area contributed by atoms with Crippen molar-refractivity contribution in [1.82, 2.24) is 9.78 Å². The van der Waals surface area contributed by atoms with E-state index in [1.807, 2.05) is 47.3 Å². The zero-order chi connectivity index (χ0) is 13.1. The molecule has 0 fully saturated rings. The number of aromatic nitrogens is 2. The largest absolute Gasteiger partial charge is 0.268 e. The number of thiophene rings is 1. The van der Waals surface area contributed by atoms with Gasteiger partial charge in [-0.15, -0.1) is 11.3 Å². The van der Waals surface area contributed by atoms with Crippen LogP contribution in [0.1, 0.15) is 11.1 Å². The molecular formula is C15H11N3S. The molecule has 0 aliphatic carbocycles. The minimum Gasteiger partial charge on any atom is -0.268 e. The third kappa shape index (κ3) is 2.56. The zero-order valence-corrected chi connectivity index (χ0v) is 11.0. The van der Waals surface area contributed by atoms with E-state index in [1.54, 1.807) is 11.3 Å². The van der Waals surface area contributed by atoms with E-state index in [2.05, 4.69) is 22.6 Å². The molecule has 0 radical (unpaired) electrons. The molecule has 92 valence electrons. The second-order valence-corrected chi connectivity index (χ2v) is 5.13. The summed E-state index contributed by atoms with van der Waals surface area (Å²) < 4.78 is 1.91. The molecule has 0 atom stereocenters. The minimum absolute atomic E-state index is 0.684. The van der Waals surface area contributed by atoms with E-state index in [0.29, 0.717) is 5.56 Å². The number of benzene rings is 1. The Hall–Kier alpha value is -2.38. The highest BCUT2D eigenvalue weighted by Crippen LogP contribution is 2.22. The molecule has 0 aliphatic rings. The summed E-state index contributed by atoms with van der Waals surface area (Å²) in [5.74, 6) is 0. The van der Waals surface area contributed by atoms with Crippen molar-refractivity contribution in [2.24, 2.45) is 0 Å². The lowest BCUT2D eigenvalue weighted by molar-refractivity contribution is 0.689. The Kier molecular flexibility index (Phi) is 3.13. The Morgan fingerprint density at radius 1 is 1.16 bits per heavy atom. The molecule has 19 heavy (non-hydrogen) atoms. The van der Waals surface area contributed by atoms with Gasteiger partial charge in [0.25, 0.3) is 0 Å². The SMILES string of the molecule is N#Cc1ccc(Cn2ccc(-c3cccs3)n2)cc1. The number of nitrogens with zero attached hydrogens (tertiary/aromatic N) is 3. The first-order valence-corrected chi connectivity index (χ1v) is 6.79. The van der Waals surface area contributed by atoms with Crippen LogP contribution < -0.4 is 0 Å². The predicted octanol–water partition coefficient (Wildman–Crippen LogP) is 3.53. The summed E-state index contributed by atoms with van der Waals surface area (Å²) in [5, 5.41) is 15.4. The van der Waals surface area contributed by atoms with Crippen LogP contribution in [0.4, 0.5) is 0 Å². The first-order chi connectivity index (χ1) is 9.35. The highest BCUT2D eigenvalue weighted by Gasteiger charge is 2.03. The van der Waals surface area contributed by atoms with Gasteiger partial charge in [-0.25, -0.2) is 0 Å². The van der Waals surface area contributed by atoms with E-state index >= 15 is 0 Å². The molecule has 2 heterocycles. The molecule has 0 bridgehead atoms. The number of hydrogen-bond acceptors (Lipinski definition) is 3. The van der Waals surface area contributed by atoms with E-state index in [9.17, 15) is 0 Å². The molecule has 1 aromatic carbocycles. The topological polar surface area (TPSA) is 41.6 Å². The normalized spacial score (nSPS) is 10.3. The van der Waals surface area contributed by atoms with Crippen LogP contribution in [0.2, 0.25) is 0 Å². The van der Waals surface area contributed by atoms with Crippen LogP contribution in [0.25, 0.3) is 10.6 Å². The summed E-state index contributed by atoms with van der Waals surface area (Å²) in [5.41, 5.74) is 2.83. The van der Waals surface area contributed by atoms with Gasteiger partial charge in [0.05, 0.1) is 23.1 Å². The molecule has 0 spiro atoms. The summed E-state index contributed by atoms with van der Waals surface area (Å²) in [6, 6.07) is 15.8. The molecule has 0 unspecified atom stereocenters. The van der Waals surface area contributed by atoms with Crippen LogP contribution >= 0.6 is 11.3 Å². The second kappa shape index (κ2) is 5.09. The van der Waals surface area contributed by atoms with E-state index in [0.717, 1.165) is 17.8 Å². The maximum Gasteiger partial charge on any atom is 0.102 e. The lowest BCUT2D eigenvalue weighted by atomic mass is 10.1. The minimum atomic E-state index is 0.684. The van der Waals surface area contributed by atoms with Gasteiger partial charge >= 0.3 is 0 Å². The van der Waals surface area contributed by atoms with Gasteiger partial charge < -0.3 is 0 Å². The van der Waals surface area contributed by atoms with Gasteiger partial charge in [0.2, 0.25) is 0 Å². The molecule has 4 heteroatoms. The van der Waals surface area contributed by atoms with Crippen LogP contribution in [0.5, 0.6) is 0 Å². The highest BCUT2D eigenvalue weighted by atomic mass is 32.1. The highest BCUT2D eigenvalue weighted by molar-refractivity contribution is 7.13. The third-order valence-electron chi connectivity index (χ3n) is 2.84. The van der Waals surface area contributed by atoms with E-state index in [4.69, 9.17) is 5.26 Å². The predicted molar refractivity (Wildman–Crippen MR) is 75.8 cm³/mol. The van der Waals surface area contributed by atoms with Gasteiger partial charge in [0, 0.05) is 6.20 Å². The molecule has 0 saturated heterocycles. The average molecular weight is 265 g/mol. The molecule has 3 rings (SSSR count). The lowest BCUT2D eigenvalue weighted by Gasteiger charge is -2.01. The smallest absolute Gasteiger partial charge is 0.102 e. The fourth-order valence-electron chi connectivity index (χ4n) is 1.88. The monoisotopic (exact) mass is 265 g/mol. The van der Waals surface area contributed by atoms with Crippen molar-refractivity contribution in [1.29, 1.82) is 5.26 Å². The van der Waals surface area contributed by atoms with Gasteiger partial charge in [0.15, 0.2) is 0 Å². The van der Waals surface area contributed by atoms with E-state index in [-0.39, 0.29) is 0 Å². The quantitative estimate of drug-likeness (QED) is 0.727. The van der Waals surface area contributed by atoms with E-state index < -0.39 is 0 Å². The van der Waals surface area contributed by atoms with Gasteiger partial charge in [-0.05, 0) is 35.2 Å². The van der Waals surface area contributed by atoms with Crippen LogP contribution in [-0.4, -0.2) is 9.78 Å². The van der Waals surface area contributed by atoms with Gasteiger partial charge in [-0.1, -0.05) is 18.2 Å². The van der Waals surface area contributed by atoms with Crippen molar-refractivity contribution in [3.8, 4) is 16.6 Å². The summed E-state index contributed by atoms with van der Waals surface area (Å²) >= 11 is 1.69. The van der Waals surface area contributed by atoms with Crippen molar-refractivity contribution >= 4 is 11.3 Å². The average Bonchev–Trinajstić information content (AvgIpc) is 3.10. The maximum atomic E-state index is 8.76. The Balaban J connectivity index is 1.78. The van der Waals surface area contributed by atoms with Gasteiger partial charge in [-0.2, -0.15) is 10.4 Å². The van der Waals surface area contributed by atoms with Crippen LogP contribution in [0.3, 0.4) is 0 Å². The second-order valence-electron chi connectivity index (χ2n) is 4.18. The molecule has 3 aromatic rings. The maximum absolute atomic E-state index is 8.76. The van der Waals surface area contributed by atoms with E-state index in [1.165, 1.54) is 4.88 Å². The van der Waals surface area contributed by atoms with Crippen LogP contribution in [0, 0.1) is 11.3 Å². The summed E-state index contributed by atoms with van der Waals surface area (Å²) in [7, 11) is 0. The molecule has 0 N–H and O–H groups in total. The van der Waals surface area contributed by atoms with Crippen LogP contribution in [0.15, 0.2) is 54.0 Å². The van der Waals surface area contributed by atoms with Crippen LogP contribution in [-0.2, 0) is 6.54 Å². The number of rotatable bonds is 3. The molecule has 2 aromatic heterocycles. The van der Waals surface area contributed by atoms with Crippen molar-refractivity contribution < 1.29 is 0 Å². The van der Waals surface area contributed by atoms with Crippen molar-refractivity contribution in [3.05, 3.63) is 65.2 Å². The van der Waals surface area contributed by atoms with Gasteiger partial charge in [0.1, 0.15) is 5.69 Å². The molecule has 0 amide bonds. The lowest BCUT2D eigenvalue weighted by Crippen LogP contribution is -2.00. The van der Waals surface area contributed by atoms with Crippen molar-refractivity contribution in [2.45, 2.75) is 6.54 Å². The molecule has 0 saturated carbocycles. The first-order valence-electron chi connectivity index (χ1n) is 5.91. The van der Waals surface area contributed by atoms with Gasteiger partial charge in [-0.3, -0.25) is 4.68 Å². The third-order valence-corrected chi connectivity index (χ3v) is 3.73. The van der Waals surface area contributed by atoms with Crippen molar-refractivity contribution in [2.75, 3.05) is 0 Å². The standard InChI is InChI=1S/C15H11N3S/c16-10-12-3-5-13(6-4-12)11-18-8-7-14(17-18)15-2-1-9-19-15/h1-9H,11H2. The molecule has 3 nitrogen and oxygen atoms in total. The summed E-state index contributed by atoms with van der Waals surface area (Å²) in [6.45, 7) is 0.719. The Bertz CT molecular complexity index is 703. The van der Waals surface area contributed by atoms with Crippen molar-refractivity contribution in [3.63, 3.8) is 0 Å². The number of nitriles is 1. The molecule has 0 aliphatic heterocycles. The Morgan fingerprint density at radius 2 is 2.00 bits per heavy atom. The first kappa shape index (κ1) is 11.7. The molecular weight excluding hydrogens is 254 g/mol. The summed E-state index contributed by atoms with van der Waals surface area (Å²) in [6.07, 6.45) is 1.98. The fraction of sp³-hybridized carbons (Fsp3) is 0.0667. The zero-order valence-electron chi connectivity index (χ0n) is 10.2. The number of hydrogen-bond donors (Lipinski definition) is 0. The fourth-order valence-corrected chi connectivity index (χ4v) is 2.57. The summed E-state index contributed by atoms with van der Waals surface area (Å²) in [4.78, 5) is 1.18.